The number of fused-ring (bicyclic) bond motifs is 1. The maximum atomic E-state index is 12.7. The van der Waals surface area contributed by atoms with E-state index in [9.17, 15) is 13.2 Å². The van der Waals surface area contributed by atoms with Gasteiger partial charge in [-0.05, 0) is 49.4 Å². The van der Waals surface area contributed by atoms with Crippen molar-refractivity contribution in [1.82, 2.24) is 10.5 Å². The Morgan fingerprint density at radius 3 is 2.70 bits per heavy atom. The molecule has 3 rings (SSSR count). The summed E-state index contributed by atoms with van der Waals surface area (Å²) in [5.41, 5.74) is 3.01. The molecule has 0 saturated heterocycles. The van der Waals surface area contributed by atoms with Gasteiger partial charge in [0.15, 0.2) is 0 Å². The average molecular weight is 324 g/mol. The van der Waals surface area contributed by atoms with E-state index in [1.165, 1.54) is 17.7 Å². The zero-order valence-electron chi connectivity index (χ0n) is 13.0. The molecule has 1 aliphatic rings. The van der Waals surface area contributed by atoms with Gasteiger partial charge in [0.05, 0.1) is 5.56 Å². The normalized spacial score (nSPS) is 14.8. The molecule has 6 heteroatoms. The Kier molecular flexibility index (Phi) is 4.43. The molecule has 0 radical (unpaired) electrons. The van der Waals surface area contributed by atoms with E-state index in [0.29, 0.717) is 18.7 Å². The monoisotopic (exact) mass is 324 g/mol. The summed E-state index contributed by atoms with van der Waals surface area (Å²) >= 11 is 0. The summed E-state index contributed by atoms with van der Waals surface area (Å²) in [6.45, 7) is 2.77. The van der Waals surface area contributed by atoms with Crippen LogP contribution in [-0.2, 0) is 32.1 Å². The molecule has 23 heavy (non-hydrogen) atoms. The van der Waals surface area contributed by atoms with Gasteiger partial charge in [-0.2, -0.15) is 13.2 Å². The highest BCUT2D eigenvalue weighted by molar-refractivity contribution is 5.32. The van der Waals surface area contributed by atoms with Crippen molar-refractivity contribution in [3.8, 4) is 0 Å². The zero-order chi connectivity index (χ0) is 16.4. The van der Waals surface area contributed by atoms with Crippen molar-refractivity contribution in [1.29, 1.82) is 0 Å². The number of aromatic nitrogens is 1. The highest BCUT2D eigenvalue weighted by Crippen LogP contribution is 2.30. The molecule has 0 bridgehead atoms. The first-order valence-electron chi connectivity index (χ1n) is 7.79. The Balaban J connectivity index is 1.62. The lowest BCUT2D eigenvalue weighted by Crippen LogP contribution is -2.16. The molecule has 1 aromatic carbocycles. The number of aryl methyl sites for hydroxylation is 2. The summed E-state index contributed by atoms with van der Waals surface area (Å²) in [7, 11) is 0. The van der Waals surface area contributed by atoms with Crippen molar-refractivity contribution in [3.05, 3.63) is 51.9 Å². The summed E-state index contributed by atoms with van der Waals surface area (Å²) in [5, 5.41) is 7.36. The Hall–Kier alpha value is -1.82. The number of rotatable bonds is 4. The largest absolute Gasteiger partial charge is 0.416 e. The maximum absolute atomic E-state index is 12.7. The maximum Gasteiger partial charge on any atom is 0.416 e. The van der Waals surface area contributed by atoms with Crippen LogP contribution in [0.15, 0.2) is 22.7 Å². The minimum absolute atomic E-state index is 0.506. The van der Waals surface area contributed by atoms with Gasteiger partial charge in [0.1, 0.15) is 11.5 Å². The molecule has 1 N–H and O–H groups in total. The van der Waals surface area contributed by atoms with E-state index in [-0.39, 0.29) is 0 Å². The number of benzene rings is 1. The van der Waals surface area contributed by atoms with Crippen LogP contribution in [0.1, 0.15) is 46.5 Å². The van der Waals surface area contributed by atoms with Crippen LogP contribution in [0.5, 0.6) is 0 Å². The molecule has 1 aromatic heterocycles. The van der Waals surface area contributed by atoms with E-state index in [0.717, 1.165) is 48.8 Å². The van der Waals surface area contributed by atoms with Crippen LogP contribution in [0.4, 0.5) is 13.2 Å². The van der Waals surface area contributed by atoms with Crippen molar-refractivity contribution in [2.24, 2.45) is 0 Å². The van der Waals surface area contributed by atoms with Gasteiger partial charge in [-0.1, -0.05) is 11.2 Å². The van der Waals surface area contributed by atoms with E-state index in [2.05, 4.69) is 10.5 Å². The van der Waals surface area contributed by atoms with E-state index in [1.807, 2.05) is 0 Å². The van der Waals surface area contributed by atoms with Crippen LogP contribution in [0.25, 0.3) is 0 Å². The molecule has 0 unspecified atom stereocenters. The first-order valence-corrected chi connectivity index (χ1v) is 7.79. The summed E-state index contributed by atoms with van der Waals surface area (Å²) in [6, 6.07) is 3.85. The van der Waals surface area contributed by atoms with Crippen molar-refractivity contribution in [2.45, 2.75) is 51.9 Å². The van der Waals surface area contributed by atoms with E-state index < -0.39 is 11.7 Å². The van der Waals surface area contributed by atoms with Crippen LogP contribution < -0.4 is 5.32 Å². The van der Waals surface area contributed by atoms with Gasteiger partial charge in [-0.3, -0.25) is 0 Å². The molecular weight excluding hydrogens is 305 g/mol. The predicted octanol–water partition coefficient (Wildman–Crippen LogP) is 4.17. The van der Waals surface area contributed by atoms with Crippen LogP contribution in [0.2, 0.25) is 0 Å². The summed E-state index contributed by atoms with van der Waals surface area (Å²) in [5.74, 6) is 0.985. The fourth-order valence-electron chi connectivity index (χ4n) is 2.97. The minimum atomic E-state index is -4.30. The van der Waals surface area contributed by atoms with E-state index in [4.69, 9.17) is 4.52 Å². The fraction of sp³-hybridized carbons (Fsp3) is 0.471. The second-order valence-electron chi connectivity index (χ2n) is 5.98. The SMILES string of the molecule is Cc1cc(C(F)(F)F)ccc1CNCc1noc2c1CCCC2. The topological polar surface area (TPSA) is 38.1 Å². The Labute approximate surface area is 132 Å². The third kappa shape index (κ3) is 3.58. The Morgan fingerprint density at radius 2 is 1.96 bits per heavy atom. The standard InChI is InChI=1S/C17H19F3N2O/c1-11-8-13(17(18,19)20)7-6-12(11)9-21-10-15-14-4-2-3-5-16(14)23-22-15/h6-8,21H,2-5,9-10H2,1H3. The van der Waals surface area contributed by atoms with Gasteiger partial charge in [0.25, 0.3) is 0 Å². The molecule has 1 aliphatic carbocycles. The van der Waals surface area contributed by atoms with Crippen molar-refractivity contribution in [2.75, 3.05) is 0 Å². The molecule has 3 nitrogen and oxygen atoms in total. The molecule has 0 aliphatic heterocycles. The predicted molar refractivity (Wildman–Crippen MR) is 79.9 cm³/mol. The van der Waals surface area contributed by atoms with Gasteiger partial charge in [0.2, 0.25) is 0 Å². The third-order valence-electron chi connectivity index (χ3n) is 4.31. The number of halogens is 3. The second kappa shape index (κ2) is 6.35. The van der Waals surface area contributed by atoms with Crippen molar-refractivity contribution < 1.29 is 17.7 Å². The van der Waals surface area contributed by atoms with Gasteiger partial charge < -0.3 is 9.84 Å². The molecule has 124 valence electrons. The summed E-state index contributed by atoms with van der Waals surface area (Å²) in [6.07, 6.45) is -0.0645. The lowest BCUT2D eigenvalue weighted by molar-refractivity contribution is -0.137. The van der Waals surface area contributed by atoms with Gasteiger partial charge in [-0.25, -0.2) is 0 Å². The molecule has 0 saturated carbocycles. The Morgan fingerprint density at radius 1 is 1.17 bits per heavy atom. The van der Waals surface area contributed by atoms with Crippen LogP contribution >= 0.6 is 0 Å². The number of alkyl halides is 3. The zero-order valence-corrected chi connectivity index (χ0v) is 13.0. The smallest absolute Gasteiger partial charge is 0.361 e. The molecule has 1 heterocycles. The van der Waals surface area contributed by atoms with Crippen molar-refractivity contribution in [3.63, 3.8) is 0 Å². The average Bonchev–Trinajstić information content (AvgIpc) is 2.91. The number of hydrogen-bond acceptors (Lipinski definition) is 3. The fourth-order valence-corrected chi connectivity index (χ4v) is 2.97. The highest BCUT2D eigenvalue weighted by atomic mass is 19.4. The van der Waals surface area contributed by atoms with Crippen LogP contribution in [0, 0.1) is 6.92 Å². The first kappa shape index (κ1) is 16.1. The van der Waals surface area contributed by atoms with Gasteiger partial charge in [0, 0.05) is 25.1 Å². The lowest BCUT2D eigenvalue weighted by Gasteiger charge is -2.12. The number of nitrogens with zero attached hydrogens (tertiary/aromatic N) is 1. The van der Waals surface area contributed by atoms with Crippen LogP contribution in [-0.4, -0.2) is 5.16 Å². The second-order valence-corrected chi connectivity index (χ2v) is 5.98. The van der Waals surface area contributed by atoms with Crippen LogP contribution in [0.3, 0.4) is 0 Å². The van der Waals surface area contributed by atoms with Crippen molar-refractivity contribution >= 4 is 0 Å². The lowest BCUT2D eigenvalue weighted by atomic mass is 9.96. The molecular formula is C17H19F3N2O. The third-order valence-corrected chi connectivity index (χ3v) is 4.31. The molecule has 0 fully saturated rings. The molecule has 0 atom stereocenters. The Bertz CT molecular complexity index is 692. The molecule has 0 spiro atoms. The number of nitrogens with one attached hydrogen (secondary N) is 1. The first-order chi connectivity index (χ1) is 10.9. The van der Waals surface area contributed by atoms with E-state index in [1.54, 1.807) is 6.92 Å². The minimum Gasteiger partial charge on any atom is -0.361 e. The van der Waals surface area contributed by atoms with Gasteiger partial charge in [-0.15, -0.1) is 0 Å². The molecule has 0 amide bonds. The quantitative estimate of drug-likeness (QED) is 0.917. The van der Waals surface area contributed by atoms with Gasteiger partial charge >= 0.3 is 6.18 Å². The van der Waals surface area contributed by atoms with E-state index >= 15 is 0 Å². The summed E-state index contributed by atoms with van der Waals surface area (Å²) in [4.78, 5) is 0. The number of hydrogen-bond donors (Lipinski definition) is 1. The molecule has 2 aromatic rings. The summed E-state index contributed by atoms with van der Waals surface area (Å²) < 4.78 is 43.3. The highest BCUT2D eigenvalue weighted by Gasteiger charge is 2.30.